The second-order valence-electron chi connectivity index (χ2n) is 6.90. The first-order valence-corrected chi connectivity index (χ1v) is 9.73. The summed E-state index contributed by atoms with van der Waals surface area (Å²) in [6.07, 6.45) is 2.75. The SMILES string of the molecule is CCCCc1nc2ccccc2n1CC(=O)NNC(=O)Cc1ccc([N+](=O)[O-])cc1. The summed E-state index contributed by atoms with van der Waals surface area (Å²) in [5.41, 5.74) is 7.08. The second kappa shape index (κ2) is 9.64. The van der Waals surface area contributed by atoms with E-state index in [0.717, 1.165) is 36.1 Å². The number of nitro groups is 1. The minimum Gasteiger partial charge on any atom is -0.318 e. The van der Waals surface area contributed by atoms with Crippen LogP contribution in [0.25, 0.3) is 11.0 Å². The molecule has 0 aliphatic heterocycles. The van der Waals surface area contributed by atoms with Crippen LogP contribution in [0.3, 0.4) is 0 Å². The Bertz CT molecular complexity index is 1060. The Kier molecular flexibility index (Phi) is 6.74. The molecule has 3 rings (SSSR count). The van der Waals surface area contributed by atoms with E-state index in [1.165, 1.54) is 24.3 Å². The summed E-state index contributed by atoms with van der Waals surface area (Å²) >= 11 is 0. The van der Waals surface area contributed by atoms with E-state index in [-0.39, 0.29) is 24.6 Å². The van der Waals surface area contributed by atoms with Crippen molar-refractivity contribution in [3.63, 3.8) is 0 Å². The van der Waals surface area contributed by atoms with Crippen molar-refractivity contribution in [2.24, 2.45) is 0 Å². The van der Waals surface area contributed by atoms with Crippen LogP contribution in [0.1, 0.15) is 31.2 Å². The average molecular weight is 409 g/mol. The summed E-state index contributed by atoms with van der Waals surface area (Å²) in [5.74, 6) is 0.0530. The fraction of sp³-hybridized carbons (Fsp3) is 0.286. The van der Waals surface area contributed by atoms with Crippen LogP contribution in [0.4, 0.5) is 5.69 Å². The molecule has 1 aromatic heterocycles. The zero-order valence-corrected chi connectivity index (χ0v) is 16.6. The largest absolute Gasteiger partial charge is 0.318 e. The highest BCUT2D eigenvalue weighted by molar-refractivity contribution is 5.84. The second-order valence-corrected chi connectivity index (χ2v) is 6.90. The molecule has 9 heteroatoms. The molecule has 0 aliphatic rings. The number of aromatic nitrogens is 2. The Morgan fingerprint density at radius 3 is 2.47 bits per heavy atom. The lowest BCUT2D eigenvalue weighted by Gasteiger charge is -2.11. The lowest BCUT2D eigenvalue weighted by atomic mass is 10.1. The van der Waals surface area contributed by atoms with Gasteiger partial charge in [-0.2, -0.15) is 0 Å². The number of fused-ring (bicyclic) bond motifs is 1. The lowest BCUT2D eigenvalue weighted by Crippen LogP contribution is -2.44. The summed E-state index contributed by atoms with van der Waals surface area (Å²) in [6.45, 7) is 2.14. The van der Waals surface area contributed by atoms with Crippen LogP contribution in [-0.4, -0.2) is 26.3 Å². The predicted octanol–water partition coefficient (Wildman–Crippen LogP) is 2.68. The number of hydrogen-bond acceptors (Lipinski definition) is 5. The van der Waals surface area contributed by atoms with E-state index in [1.807, 2.05) is 28.8 Å². The molecule has 0 atom stereocenters. The third kappa shape index (κ3) is 5.19. The molecule has 0 bridgehead atoms. The Hall–Kier alpha value is -3.75. The molecule has 0 spiro atoms. The Morgan fingerprint density at radius 2 is 1.77 bits per heavy atom. The van der Waals surface area contributed by atoms with Crippen molar-refractivity contribution >= 4 is 28.5 Å². The minimum atomic E-state index is -0.501. The molecule has 156 valence electrons. The zero-order chi connectivity index (χ0) is 21.5. The number of rotatable bonds is 8. The summed E-state index contributed by atoms with van der Waals surface area (Å²) in [7, 11) is 0. The van der Waals surface area contributed by atoms with Crippen LogP contribution < -0.4 is 10.9 Å². The summed E-state index contributed by atoms with van der Waals surface area (Å²) in [4.78, 5) is 39.3. The standard InChI is InChI=1S/C21H23N5O4/c1-2-3-8-19-22-17-6-4-5-7-18(17)25(19)14-21(28)24-23-20(27)13-15-9-11-16(12-10-15)26(29)30/h4-7,9-12H,2-3,8,13-14H2,1H3,(H,23,27)(H,24,28). The molecule has 2 aromatic carbocycles. The quantitative estimate of drug-likeness (QED) is 0.438. The number of carbonyl (C=O) groups excluding carboxylic acids is 2. The average Bonchev–Trinajstić information content (AvgIpc) is 3.08. The summed E-state index contributed by atoms with van der Waals surface area (Å²) < 4.78 is 1.86. The van der Waals surface area contributed by atoms with Gasteiger partial charge < -0.3 is 4.57 Å². The molecule has 0 fully saturated rings. The number of benzene rings is 2. The van der Waals surface area contributed by atoms with Crippen LogP contribution in [0.2, 0.25) is 0 Å². The van der Waals surface area contributed by atoms with Crippen LogP contribution in [0.5, 0.6) is 0 Å². The van der Waals surface area contributed by atoms with Crippen molar-refractivity contribution in [1.82, 2.24) is 20.4 Å². The smallest absolute Gasteiger partial charge is 0.269 e. The number of non-ortho nitro benzene ring substituents is 1. The molecule has 1 heterocycles. The Morgan fingerprint density at radius 1 is 1.07 bits per heavy atom. The maximum absolute atomic E-state index is 12.4. The number of carbonyl (C=O) groups is 2. The number of hydrazine groups is 1. The highest BCUT2D eigenvalue weighted by atomic mass is 16.6. The van der Waals surface area contributed by atoms with Gasteiger partial charge in [0, 0.05) is 18.6 Å². The maximum atomic E-state index is 12.4. The van der Waals surface area contributed by atoms with Gasteiger partial charge in [0.05, 0.1) is 22.4 Å². The van der Waals surface area contributed by atoms with Crippen molar-refractivity contribution in [1.29, 1.82) is 0 Å². The summed E-state index contributed by atoms with van der Waals surface area (Å²) in [5, 5.41) is 10.7. The molecular formula is C21H23N5O4. The predicted molar refractivity (Wildman–Crippen MR) is 111 cm³/mol. The molecule has 0 aliphatic carbocycles. The molecule has 0 radical (unpaired) electrons. The first kappa shape index (κ1) is 21.0. The number of hydrogen-bond donors (Lipinski definition) is 2. The topological polar surface area (TPSA) is 119 Å². The van der Waals surface area contributed by atoms with Crippen molar-refractivity contribution in [2.45, 2.75) is 39.2 Å². The van der Waals surface area contributed by atoms with Gasteiger partial charge in [-0.25, -0.2) is 4.98 Å². The number of nitrogens with one attached hydrogen (secondary N) is 2. The molecular weight excluding hydrogens is 386 g/mol. The molecule has 0 saturated heterocycles. The van der Waals surface area contributed by atoms with Crippen molar-refractivity contribution in [2.75, 3.05) is 0 Å². The van der Waals surface area contributed by atoms with Gasteiger partial charge in [-0.15, -0.1) is 0 Å². The first-order chi connectivity index (χ1) is 14.5. The van der Waals surface area contributed by atoms with Gasteiger partial charge in [-0.3, -0.25) is 30.6 Å². The third-order valence-electron chi connectivity index (χ3n) is 4.64. The molecule has 0 unspecified atom stereocenters. The molecule has 2 amide bonds. The van der Waals surface area contributed by atoms with Crippen LogP contribution >= 0.6 is 0 Å². The van der Waals surface area contributed by atoms with Gasteiger partial charge in [0.25, 0.3) is 11.6 Å². The number of imidazole rings is 1. The lowest BCUT2D eigenvalue weighted by molar-refractivity contribution is -0.384. The number of aryl methyl sites for hydroxylation is 1. The van der Waals surface area contributed by atoms with E-state index < -0.39 is 10.8 Å². The van der Waals surface area contributed by atoms with E-state index in [0.29, 0.717) is 5.56 Å². The van der Waals surface area contributed by atoms with Gasteiger partial charge in [0.2, 0.25) is 5.91 Å². The zero-order valence-electron chi connectivity index (χ0n) is 16.6. The van der Waals surface area contributed by atoms with Crippen molar-refractivity contribution < 1.29 is 14.5 Å². The number of amides is 2. The number of para-hydroxylation sites is 2. The van der Waals surface area contributed by atoms with Crippen molar-refractivity contribution in [3.8, 4) is 0 Å². The van der Waals surface area contributed by atoms with Gasteiger partial charge in [-0.05, 0) is 24.1 Å². The van der Waals surface area contributed by atoms with Crippen LogP contribution in [0, 0.1) is 10.1 Å². The molecule has 0 saturated carbocycles. The number of nitro benzene ring substituents is 1. The van der Waals surface area contributed by atoms with Crippen molar-refractivity contribution in [3.05, 3.63) is 70.0 Å². The molecule has 9 nitrogen and oxygen atoms in total. The van der Waals surface area contributed by atoms with E-state index in [1.54, 1.807) is 0 Å². The van der Waals surface area contributed by atoms with E-state index in [9.17, 15) is 19.7 Å². The van der Waals surface area contributed by atoms with Crippen LogP contribution in [0.15, 0.2) is 48.5 Å². The van der Waals surface area contributed by atoms with E-state index >= 15 is 0 Å². The first-order valence-electron chi connectivity index (χ1n) is 9.73. The number of nitrogens with zero attached hydrogens (tertiary/aromatic N) is 3. The van der Waals surface area contributed by atoms with Gasteiger partial charge in [0.1, 0.15) is 12.4 Å². The highest BCUT2D eigenvalue weighted by Gasteiger charge is 2.14. The van der Waals surface area contributed by atoms with Crippen LogP contribution in [-0.2, 0) is 29.0 Å². The highest BCUT2D eigenvalue weighted by Crippen LogP contribution is 2.17. The van der Waals surface area contributed by atoms with E-state index in [4.69, 9.17) is 0 Å². The summed E-state index contributed by atoms with van der Waals surface area (Å²) in [6, 6.07) is 13.3. The fourth-order valence-electron chi connectivity index (χ4n) is 3.12. The van der Waals surface area contributed by atoms with Gasteiger partial charge in [-0.1, -0.05) is 37.6 Å². The monoisotopic (exact) mass is 409 g/mol. The number of unbranched alkanes of at least 4 members (excludes halogenated alkanes) is 1. The van der Waals surface area contributed by atoms with Gasteiger partial charge in [0.15, 0.2) is 0 Å². The van der Waals surface area contributed by atoms with E-state index in [2.05, 4.69) is 22.8 Å². The third-order valence-corrected chi connectivity index (χ3v) is 4.64. The normalized spacial score (nSPS) is 10.7. The Balaban J connectivity index is 1.59. The maximum Gasteiger partial charge on any atom is 0.269 e. The molecule has 2 N–H and O–H groups in total. The Labute approximate surface area is 173 Å². The molecule has 30 heavy (non-hydrogen) atoms. The minimum absolute atomic E-state index is 0.00592. The molecule has 3 aromatic rings. The fourth-order valence-corrected chi connectivity index (χ4v) is 3.12. The van der Waals surface area contributed by atoms with Gasteiger partial charge >= 0.3 is 0 Å².